The van der Waals surface area contributed by atoms with Crippen LogP contribution in [0.3, 0.4) is 0 Å². The molecule has 2 N–H and O–H groups in total. The van der Waals surface area contributed by atoms with Crippen LogP contribution >= 0.6 is 0 Å². The smallest absolute Gasteiger partial charge is 0.219 e. The van der Waals surface area contributed by atoms with E-state index in [1.165, 1.54) is 11.1 Å². The van der Waals surface area contributed by atoms with Crippen LogP contribution in [0, 0.1) is 0 Å². The summed E-state index contributed by atoms with van der Waals surface area (Å²) < 4.78 is 0. The Morgan fingerprint density at radius 2 is 2.31 bits per heavy atom. The summed E-state index contributed by atoms with van der Waals surface area (Å²) in [4.78, 5) is 11.2. The van der Waals surface area contributed by atoms with Gasteiger partial charge < -0.3 is 10.6 Å². The van der Waals surface area contributed by atoms with Gasteiger partial charge in [0.25, 0.3) is 0 Å². The molecule has 1 aromatic carbocycles. The standard InChI is InChI=1S/C13H18N2O/c1-14-13(16)7-6-12-11-5-3-2-4-10(11)8-9-15-12/h2-5,12,15H,6-9H2,1H3,(H,14,16). The van der Waals surface area contributed by atoms with Crippen molar-refractivity contribution in [3.63, 3.8) is 0 Å². The summed E-state index contributed by atoms with van der Waals surface area (Å²) in [6, 6.07) is 8.83. The van der Waals surface area contributed by atoms with Crippen molar-refractivity contribution in [3.8, 4) is 0 Å². The molecule has 16 heavy (non-hydrogen) atoms. The van der Waals surface area contributed by atoms with E-state index < -0.39 is 0 Å². The summed E-state index contributed by atoms with van der Waals surface area (Å²) in [7, 11) is 1.69. The zero-order valence-corrected chi connectivity index (χ0v) is 9.62. The van der Waals surface area contributed by atoms with Gasteiger partial charge in [0, 0.05) is 19.5 Å². The summed E-state index contributed by atoms with van der Waals surface area (Å²) in [5, 5.41) is 6.14. The third-order valence-corrected chi connectivity index (χ3v) is 3.15. The molecule has 1 aliphatic heterocycles. The highest BCUT2D eigenvalue weighted by Gasteiger charge is 2.19. The fourth-order valence-corrected chi connectivity index (χ4v) is 2.25. The Morgan fingerprint density at radius 3 is 3.12 bits per heavy atom. The monoisotopic (exact) mass is 218 g/mol. The molecule has 0 bridgehead atoms. The van der Waals surface area contributed by atoms with Crippen molar-refractivity contribution in [1.29, 1.82) is 0 Å². The maximum absolute atomic E-state index is 11.2. The van der Waals surface area contributed by atoms with Gasteiger partial charge in [0.05, 0.1) is 0 Å². The Bertz CT molecular complexity index is 376. The SMILES string of the molecule is CNC(=O)CCC1NCCc2ccccc21. The molecular formula is C13H18N2O. The third kappa shape index (κ3) is 2.42. The second-order valence-corrected chi connectivity index (χ2v) is 4.17. The second-order valence-electron chi connectivity index (χ2n) is 4.17. The average molecular weight is 218 g/mol. The fourth-order valence-electron chi connectivity index (χ4n) is 2.25. The molecule has 2 rings (SSSR count). The summed E-state index contributed by atoms with van der Waals surface area (Å²) >= 11 is 0. The van der Waals surface area contributed by atoms with Gasteiger partial charge in [-0.05, 0) is 30.5 Å². The fraction of sp³-hybridized carbons (Fsp3) is 0.462. The molecule has 1 amide bonds. The molecule has 3 heteroatoms. The number of fused-ring (bicyclic) bond motifs is 1. The maximum Gasteiger partial charge on any atom is 0.219 e. The van der Waals surface area contributed by atoms with Crippen LogP contribution in [-0.2, 0) is 11.2 Å². The molecule has 0 radical (unpaired) electrons. The largest absolute Gasteiger partial charge is 0.359 e. The van der Waals surface area contributed by atoms with Crippen LogP contribution in [0.5, 0.6) is 0 Å². The number of hydrogen-bond acceptors (Lipinski definition) is 2. The lowest BCUT2D eigenvalue weighted by Gasteiger charge is -2.26. The van der Waals surface area contributed by atoms with E-state index in [1.807, 2.05) is 0 Å². The first kappa shape index (κ1) is 11.1. The molecule has 0 fully saturated rings. The highest BCUT2D eigenvalue weighted by Crippen LogP contribution is 2.25. The van der Waals surface area contributed by atoms with Crippen LogP contribution in [0.1, 0.15) is 30.0 Å². The number of amides is 1. The molecule has 3 nitrogen and oxygen atoms in total. The van der Waals surface area contributed by atoms with Gasteiger partial charge in [0.15, 0.2) is 0 Å². The van der Waals surface area contributed by atoms with Crippen molar-refractivity contribution in [1.82, 2.24) is 10.6 Å². The Kier molecular flexibility index (Phi) is 3.57. The van der Waals surface area contributed by atoms with E-state index in [1.54, 1.807) is 7.05 Å². The lowest BCUT2D eigenvalue weighted by Crippen LogP contribution is -2.31. The molecule has 0 saturated carbocycles. The molecule has 1 aliphatic rings. The number of rotatable bonds is 3. The van der Waals surface area contributed by atoms with Gasteiger partial charge in [-0.15, -0.1) is 0 Å². The highest BCUT2D eigenvalue weighted by atomic mass is 16.1. The van der Waals surface area contributed by atoms with Crippen LogP contribution in [0.15, 0.2) is 24.3 Å². The van der Waals surface area contributed by atoms with Crippen molar-refractivity contribution in [2.45, 2.75) is 25.3 Å². The van der Waals surface area contributed by atoms with Gasteiger partial charge in [-0.25, -0.2) is 0 Å². The highest BCUT2D eigenvalue weighted by molar-refractivity contribution is 5.75. The lowest BCUT2D eigenvalue weighted by atomic mass is 9.92. The van der Waals surface area contributed by atoms with E-state index in [9.17, 15) is 4.79 Å². The first-order chi connectivity index (χ1) is 7.81. The Labute approximate surface area is 96.2 Å². The van der Waals surface area contributed by atoms with Gasteiger partial charge in [0.2, 0.25) is 5.91 Å². The van der Waals surface area contributed by atoms with Crippen molar-refractivity contribution in [2.24, 2.45) is 0 Å². The Morgan fingerprint density at radius 1 is 1.50 bits per heavy atom. The Balaban J connectivity index is 2.04. The van der Waals surface area contributed by atoms with Crippen LogP contribution < -0.4 is 10.6 Å². The van der Waals surface area contributed by atoms with Crippen LogP contribution in [0.4, 0.5) is 0 Å². The van der Waals surface area contributed by atoms with Crippen molar-refractivity contribution >= 4 is 5.91 Å². The molecule has 0 aliphatic carbocycles. The average Bonchev–Trinajstić information content (AvgIpc) is 2.35. The van der Waals surface area contributed by atoms with Gasteiger partial charge in [-0.2, -0.15) is 0 Å². The summed E-state index contributed by atoms with van der Waals surface area (Å²) in [5.74, 6) is 0.116. The maximum atomic E-state index is 11.2. The molecule has 0 saturated heterocycles. The first-order valence-electron chi connectivity index (χ1n) is 5.83. The van der Waals surface area contributed by atoms with Gasteiger partial charge in [0.1, 0.15) is 0 Å². The third-order valence-electron chi connectivity index (χ3n) is 3.15. The molecule has 86 valence electrons. The summed E-state index contributed by atoms with van der Waals surface area (Å²) in [5.41, 5.74) is 2.78. The van der Waals surface area contributed by atoms with E-state index in [2.05, 4.69) is 34.9 Å². The number of carbonyl (C=O) groups is 1. The number of benzene rings is 1. The quantitative estimate of drug-likeness (QED) is 0.805. The minimum atomic E-state index is 0.116. The molecule has 1 atom stereocenters. The van der Waals surface area contributed by atoms with E-state index in [-0.39, 0.29) is 5.91 Å². The van der Waals surface area contributed by atoms with E-state index in [0.717, 1.165) is 19.4 Å². The molecule has 0 aromatic heterocycles. The molecular weight excluding hydrogens is 200 g/mol. The predicted octanol–water partition coefficient (Wildman–Crippen LogP) is 1.40. The van der Waals surface area contributed by atoms with E-state index in [4.69, 9.17) is 0 Å². The molecule has 0 spiro atoms. The number of carbonyl (C=O) groups excluding carboxylic acids is 1. The number of hydrogen-bond donors (Lipinski definition) is 2. The van der Waals surface area contributed by atoms with E-state index >= 15 is 0 Å². The van der Waals surface area contributed by atoms with Crippen molar-refractivity contribution < 1.29 is 4.79 Å². The summed E-state index contributed by atoms with van der Waals surface area (Å²) in [6.07, 6.45) is 2.55. The summed E-state index contributed by atoms with van der Waals surface area (Å²) in [6.45, 7) is 1.01. The van der Waals surface area contributed by atoms with Gasteiger partial charge in [-0.3, -0.25) is 4.79 Å². The topological polar surface area (TPSA) is 41.1 Å². The minimum absolute atomic E-state index is 0.116. The molecule has 1 aromatic rings. The van der Waals surface area contributed by atoms with Gasteiger partial charge >= 0.3 is 0 Å². The van der Waals surface area contributed by atoms with Gasteiger partial charge in [-0.1, -0.05) is 24.3 Å². The van der Waals surface area contributed by atoms with Crippen LogP contribution in [-0.4, -0.2) is 19.5 Å². The molecule has 1 heterocycles. The normalized spacial score (nSPS) is 18.9. The van der Waals surface area contributed by atoms with E-state index in [0.29, 0.717) is 12.5 Å². The van der Waals surface area contributed by atoms with Crippen LogP contribution in [0.25, 0.3) is 0 Å². The minimum Gasteiger partial charge on any atom is -0.359 e. The predicted molar refractivity (Wildman–Crippen MR) is 64.2 cm³/mol. The first-order valence-corrected chi connectivity index (χ1v) is 5.83. The second kappa shape index (κ2) is 5.12. The zero-order chi connectivity index (χ0) is 11.4. The zero-order valence-electron chi connectivity index (χ0n) is 9.62. The number of nitrogens with one attached hydrogen (secondary N) is 2. The van der Waals surface area contributed by atoms with Crippen molar-refractivity contribution in [3.05, 3.63) is 35.4 Å². The lowest BCUT2D eigenvalue weighted by molar-refractivity contribution is -0.120. The van der Waals surface area contributed by atoms with Crippen LogP contribution in [0.2, 0.25) is 0 Å². The van der Waals surface area contributed by atoms with Crippen molar-refractivity contribution in [2.75, 3.05) is 13.6 Å². The molecule has 1 unspecified atom stereocenters. The Hall–Kier alpha value is -1.35.